The first-order chi connectivity index (χ1) is 10.2. The highest BCUT2D eigenvalue weighted by atomic mass is 16.3. The van der Waals surface area contributed by atoms with Crippen molar-refractivity contribution in [2.45, 2.75) is 44.4 Å². The molecular formula is C17H24N2O2. The number of amides is 1. The van der Waals surface area contributed by atoms with E-state index in [0.29, 0.717) is 13.1 Å². The van der Waals surface area contributed by atoms with Gasteiger partial charge in [-0.25, -0.2) is 0 Å². The smallest absolute Gasteiger partial charge is 0.240 e. The number of piperidine rings is 1. The SMILES string of the molecule is O=C(C1CCCCN1Cc1ccccc1)N1CC[C@H](O)C1. The molecule has 2 saturated heterocycles. The number of hydrogen-bond acceptors (Lipinski definition) is 3. The number of likely N-dealkylation sites (tertiary alicyclic amines) is 2. The molecule has 2 fully saturated rings. The number of carbonyl (C=O) groups excluding carboxylic acids is 1. The van der Waals surface area contributed by atoms with Crippen LogP contribution < -0.4 is 0 Å². The standard InChI is InChI=1S/C17H24N2O2/c20-15-9-11-19(13-15)17(21)16-8-4-5-10-18(16)12-14-6-2-1-3-7-14/h1-3,6-7,15-16,20H,4-5,8-13H2/t15-,16?/m0/s1. The van der Waals surface area contributed by atoms with Crippen molar-refractivity contribution >= 4 is 5.91 Å². The van der Waals surface area contributed by atoms with Crippen LogP contribution in [0.5, 0.6) is 0 Å². The third-order valence-corrected chi connectivity index (χ3v) is 4.60. The number of hydrogen-bond donors (Lipinski definition) is 1. The summed E-state index contributed by atoms with van der Waals surface area (Å²) in [5.41, 5.74) is 1.26. The quantitative estimate of drug-likeness (QED) is 0.919. The van der Waals surface area contributed by atoms with Crippen LogP contribution in [0.2, 0.25) is 0 Å². The van der Waals surface area contributed by atoms with Crippen molar-refractivity contribution in [1.82, 2.24) is 9.80 Å². The van der Waals surface area contributed by atoms with Gasteiger partial charge >= 0.3 is 0 Å². The Morgan fingerprint density at radius 2 is 1.95 bits per heavy atom. The van der Waals surface area contributed by atoms with Crippen LogP contribution >= 0.6 is 0 Å². The molecule has 21 heavy (non-hydrogen) atoms. The second-order valence-electron chi connectivity index (χ2n) is 6.19. The average molecular weight is 288 g/mol. The Morgan fingerprint density at radius 1 is 1.14 bits per heavy atom. The minimum absolute atomic E-state index is 0.00995. The molecule has 0 radical (unpaired) electrons. The van der Waals surface area contributed by atoms with Gasteiger partial charge in [0.1, 0.15) is 0 Å². The first kappa shape index (κ1) is 14.5. The van der Waals surface area contributed by atoms with Gasteiger partial charge in [0.2, 0.25) is 5.91 Å². The summed E-state index contributed by atoms with van der Waals surface area (Å²) >= 11 is 0. The Bertz CT molecular complexity index is 477. The second-order valence-corrected chi connectivity index (χ2v) is 6.19. The van der Waals surface area contributed by atoms with Crippen LogP contribution in [0.3, 0.4) is 0 Å². The molecule has 114 valence electrons. The number of benzene rings is 1. The monoisotopic (exact) mass is 288 g/mol. The van der Waals surface area contributed by atoms with Crippen LogP contribution in [0, 0.1) is 0 Å². The van der Waals surface area contributed by atoms with E-state index in [9.17, 15) is 9.90 Å². The van der Waals surface area contributed by atoms with Crippen molar-refractivity contribution in [3.63, 3.8) is 0 Å². The third kappa shape index (κ3) is 3.44. The van der Waals surface area contributed by atoms with E-state index in [1.807, 2.05) is 23.1 Å². The molecule has 0 aliphatic carbocycles. The first-order valence-corrected chi connectivity index (χ1v) is 7.99. The summed E-state index contributed by atoms with van der Waals surface area (Å²) in [4.78, 5) is 16.9. The highest BCUT2D eigenvalue weighted by Crippen LogP contribution is 2.23. The van der Waals surface area contributed by atoms with Gasteiger partial charge in [-0.05, 0) is 31.4 Å². The molecule has 2 heterocycles. The lowest BCUT2D eigenvalue weighted by Crippen LogP contribution is -2.50. The molecule has 1 unspecified atom stereocenters. The minimum atomic E-state index is -0.333. The Hall–Kier alpha value is -1.39. The van der Waals surface area contributed by atoms with E-state index in [1.54, 1.807) is 0 Å². The number of aliphatic hydroxyl groups is 1. The van der Waals surface area contributed by atoms with Crippen LogP contribution in [0.4, 0.5) is 0 Å². The molecule has 4 nitrogen and oxygen atoms in total. The predicted octanol–water partition coefficient (Wildman–Crippen LogP) is 1.63. The summed E-state index contributed by atoms with van der Waals surface area (Å²) in [5.74, 6) is 0.210. The van der Waals surface area contributed by atoms with Crippen molar-refractivity contribution in [3.05, 3.63) is 35.9 Å². The van der Waals surface area contributed by atoms with E-state index >= 15 is 0 Å². The molecular weight excluding hydrogens is 264 g/mol. The molecule has 0 spiro atoms. The molecule has 1 N–H and O–H groups in total. The molecule has 2 aliphatic rings. The molecule has 4 heteroatoms. The van der Waals surface area contributed by atoms with Gasteiger partial charge in [0.25, 0.3) is 0 Å². The fourth-order valence-electron chi connectivity index (χ4n) is 3.43. The zero-order chi connectivity index (χ0) is 14.7. The van der Waals surface area contributed by atoms with E-state index in [0.717, 1.165) is 32.4 Å². The third-order valence-electron chi connectivity index (χ3n) is 4.60. The second kappa shape index (κ2) is 6.58. The summed E-state index contributed by atoms with van der Waals surface area (Å²) in [7, 11) is 0. The first-order valence-electron chi connectivity index (χ1n) is 7.99. The van der Waals surface area contributed by atoms with E-state index < -0.39 is 0 Å². The molecule has 2 atom stereocenters. The Balaban J connectivity index is 1.68. The van der Waals surface area contributed by atoms with Crippen LogP contribution in [-0.2, 0) is 11.3 Å². The van der Waals surface area contributed by atoms with E-state index in [1.165, 1.54) is 12.0 Å². The van der Waals surface area contributed by atoms with Crippen LogP contribution in [-0.4, -0.2) is 52.6 Å². The van der Waals surface area contributed by atoms with Gasteiger partial charge in [-0.3, -0.25) is 9.69 Å². The maximum absolute atomic E-state index is 12.7. The summed E-state index contributed by atoms with van der Waals surface area (Å²) in [6.45, 7) is 3.04. The number of aliphatic hydroxyl groups excluding tert-OH is 1. The molecule has 0 bridgehead atoms. The lowest BCUT2D eigenvalue weighted by molar-refractivity contribution is -0.137. The fraction of sp³-hybridized carbons (Fsp3) is 0.588. The predicted molar refractivity (Wildman–Crippen MR) is 81.7 cm³/mol. The van der Waals surface area contributed by atoms with Gasteiger partial charge in [0, 0.05) is 19.6 Å². The van der Waals surface area contributed by atoms with E-state index in [4.69, 9.17) is 0 Å². The molecule has 1 aromatic rings. The summed E-state index contributed by atoms with van der Waals surface area (Å²) in [6.07, 6.45) is 3.62. The number of rotatable bonds is 3. The van der Waals surface area contributed by atoms with Crippen LogP contribution in [0.25, 0.3) is 0 Å². The number of nitrogens with zero attached hydrogens (tertiary/aromatic N) is 2. The van der Waals surface area contributed by atoms with Gasteiger partial charge < -0.3 is 10.0 Å². The van der Waals surface area contributed by atoms with E-state index in [-0.39, 0.29) is 18.1 Å². The van der Waals surface area contributed by atoms with Crippen molar-refractivity contribution in [1.29, 1.82) is 0 Å². The molecule has 2 aliphatic heterocycles. The molecule has 0 aromatic heterocycles. The Kier molecular flexibility index (Phi) is 4.56. The van der Waals surface area contributed by atoms with Crippen LogP contribution in [0.15, 0.2) is 30.3 Å². The van der Waals surface area contributed by atoms with Gasteiger partial charge in [0.15, 0.2) is 0 Å². The van der Waals surface area contributed by atoms with Crippen molar-refractivity contribution in [2.75, 3.05) is 19.6 Å². The average Bonchev–Trinajstić information content (AvgIpc) is 2.95. The number of β-amino-alcohol motifs (C(OH)–C–C–N with tert-alkyl or cyclic N) is 1. The van der Waals surface area contributed by atoms with Gasteiger partial charge in [-0.2, -0.15) is 0 Å². The number of carbonyl (C=O) groups is 1. The van der Waals surface area contributed by atoms with Gasteiger partial charge in [-0.15, -0.1) is 0 Å². The maximum atomic E-state index is 12.7. The normalized spacial score (nSPS) is 27.0. The lowest BCUT2D eigenvalue weighted by Gasteiger charge is -2.36. The maximum Gasteiger partial charge on any atom is 0.240 e. The lowest BCUT2D eigenvalue weighted by atomic mass is 10.00. The van der Waals surface area contributed by atoms with Crippen LogP contribution in [0.1, 0.15) is 31.2 Å². The van der Waals surface area contributed by atoms with Crippen molar-refractivity contribution in [2.24, 2.45) is 0 Å². The highest BCUT2D eigenvalue weighted by Gasteiger charge is 2.34. The van der Waals surface area contributed by atoms with E-state index in [2.05, 4.69) is 17.0 Å². The summed E-state index contributed by atoms with van der Waals surface area (Å²) < 4.78 is 0. The summed E-state index contributed by atoms with van der Waals surface area (Å²) in [5, 5.41) is 9.64. The minimum Gasteiger partial charge on any atom is -0.391 e. The Morgan fingerprint density at radius 3 is 2.67 bits per heavy atom. The van der Waals surface area contributed by atoms with Crippen molar-refractivity contribution in [3.8, 4) is 0 Å². The summed E-state index contributed by atoms with van der Waals surface area (Å²) in [6, 6.07) is 10.4. The topological polar surface area (TPSA) is 43.8 Å². The highest BCUT2D eigenvalue weighted by molar-refractivity contribution is 5.82. The largest absolute Gasteiger partial charge is 0.391 e. The van der Waals surface area contributed by atoms with Gasteiger partial charge in [0.05, 0.1) is 12.1 Å². The molecule has 3 rings (SSSR count). The Labute approximate surface area is 126 Å². The molecule has 0 saturated carbocycles. The van der Waals surface area contributed by atoms with Gasteiger partial charge in [-0.1, -0.05) is 36.8 Å². The molecule has 1 amide bonds. The molecule has 1 aromatic carbocycles. The zero-order valence-electron chi connectivity index (χ0n) is 12.4. The zero-order valence-corrected chi connectivity index (χ0v) is 12.4. The fourth-order valence-corrected chi connectivity index (χ4v) is 3.43. The van der Waals surface area contributed by atoms with Crippen molar-refractivity contribution < 1.29 is 9.90 Å².